The summed E-state index contributed by atoms with van der Waals surface area (Å²) in [5, 5.41) is 2.81. The Labute approximate surface area is 125 Å². The summed E-state index contributed by atoms with van der Waals surface area (Å²) in [6.45, 7) is 0. The molecule has 0 unspecified atom stereocenters. The van der Waals surface area contributed by atoms with Gasteiger partial charge in [-0.1, -0.05) is 6.07 Å². The highest BCUT2D eigenvalue weighted by Gasteiger charge is 2.14. The Bertz CT molecular complexity index is 689. The second-order valence-corrected chi connectivity index (χ2v) is 6.67. The molecule has 2 aromatic rings. The number of sulfonamides is 1. The van der Waals surface area contributed by atoms with Crippen molar-refractivity contribution < 1.29 is 8.42 Å². The summed E-state index contributed by atoms with van der Waals surface area (Å²) in [6.07, 6.45) is 1.45. The van der Waals surface area contributed by atoms with Gasteiger partial charge in [0.25, 0.3) is 10.0 Å². The van der Waals surface area contributed by atoms with Crippen LogP contribution >= 0.6 is 22.6 Å². The van der Waals surface area contributed by atoms with Crippen molar-refractivity contribution in [3.63, 3.8) is 0 Å². The van der Waals surface area contributed by atoms with Gasteiger partial charge in [0.1, 0.15) is 5.82 Å². The molecule has 0 radical (unpaired) electrons. The predicted molar refractivity (Wildman–Crippen MR) is 83.8 cm³/mol. The van der Waals surface area contributed by atoms with Gasteiger partial charge in [-0.15, -0.1) is 0 Å². The normalized spacial score (nSPS) is 11.1. The van der Waals surface area contributed by atoms with Crippen LogP contribution in [0.2, 0.25) is 0 Å². The zero-order chi connectivity index (χ0) is 13.9. The van der Waals surface area contributed by atoms with E-state index in [9.17, 15) is 8.42 Å². The molecular weight excluding hydrogens is 377 g/mol. The molecule has 0 aliphatic heterocycles. The third-order valence-electron chi connectivity index (χ3n) is 2.37. The molecular formula is C12H12IN3O2S. The van der Waals surface area contributed by atoms with Crippen molar-refractivity contribution in [3.05, 3.63) is 46.2 Å². The molecule has 1 aromatic carbocycles. The van der Waals surface area contributed by atoms with E-state index in [2.05, 4.69) is 37.6 Å². The van der Waals surface area contributed by atoms with Gasteiger partial charge in [0.2, 0.25) is 0 Å². The topological polar surface area (TPSA) is 71.1 Å². The monoisotopic (exact) mass is 389 g/mol. The van der Waals surface area contributed by atoms with Crippen LogP contribution in [0.3, 0.4) is 0 Å². The van der Waals surface area contributed by atoms with Crippen molar-refractivity contribution in [3.8, 4) is 0 Å². The van der Waals surface area contributed by atoms with Crippen LogP contribution < -0.4 is 10.0 Å². The average molecular weight is 389 g/mol. The minimum absolute atomic E-state index is 0.172. The number of hydrogen-bond donors (Lipinski definition) is 2. The molecule has 7 heteroatoms. The van der Waals surface area contributed by atoms with Crippen LogP contribution in [-0.2, 0) is 10.0 Å². The molecule has 5 nitrogen and oxygen atoms in total. The lowest BCUT2D eigenvalue weighted by Gasteiger charge is -2.09. The maximum Gasteiger partial charge on any atom is 0.262 e. The molecule has 0 bridgehead atoms. The Morgan fingerprint density at radius 2 is 2.00 bits per heavy atom. The van der Waals surface area contributed by atoms with E-state index in [1.165, 1.54) is 18.3 Å². The predicted octanol–water partition coefficient (Wildman–Crippen LogP) is 2.53. The van der Waals surface area contributed by atoms with E-state index in [4.69, 9.17) is 0 Å². The van der Waals surface area contributed by atoms with Crippen LogP contribution in [0.5, 0.6) is 0 Å². The van der Waals surface area contributed by atoms with Gasteiger partial charge in [0, 0.05) is 28.6 Å². The second-order valence-electron chi connectivity index (χ2n) is 3.74. The molecule has 0 aliphatic carbocycles. The highest BCUT2D eigenvalue weighted by atomic mass is 127. The summed E-state index contributed by atoms with van der Waals surface area (Å²) < 4.78 is 27.9. The number of pyridine rings is 1. The zero-order valence-electron chi connectivity index (χ0n) is 10.1. The Hall–Kier alpha value is -1.35. The van der Waals surface area contributed by atoms with E-state index in [-0.39, 0.29) is 4.90 Å². The summed E-state index contributed by atoms with van der Waals surface area (Å²) in [5.41, 5.74) is 0.537. The van der Waals surface area contributed by atoms with Crippen molar-refractivity contribution in [2.24, 2.45) is 0 Å². The highest BCUT2D eigenvalue weighted by molar-refractivity contribution is 14.1. The maximum atomic E-state index is 12.2. The molecule has 0 amide bonds. The summed E-state index contributed by atoms with van der Waals surface area (Å²) in [4.78, 5) is 4.16. The first-order chi connectivity index (χ1) is 9.01. The van der Waals surface area contributed by atoms with E-state index in [0.29, 0.717) is 11.5 Å². The number of nitrogens with zero attached hydrogens (tertiary/aromatic N) is 1. The van der Waals surface area contributed by atoms with E-state index in [0.717, 1.165) is 3.57 Å². The molecule has 19 heavy (non-hydrogen) atoms. The van der Waals surface area contributed by atoms with Gasteiger partial charge in [0.15, 0.2) is 0 Å². The quantitative estimate of drug-likeness (QED) is 0.789. The molecule has 100 valence electrons. The highest BCUT2D eigenvalue weighted by Crippen LogP contribution is 2.19. The minimum Gasteiger partial charge on any atom is -0.373 e. The van der Waals surface area contributed by atoms with Gasteiger partial charge in [-0.3, -0.25) is 4.72 Å². The van der Waals surface area contributed by atoms with Gasteiger partial charge in [-0.2, -0.15) is 0 Å². The van der Waals surface area contributed by atoms with Crippen LogP contribution in [0.15, 0.2) is 47.5 Å². The molecule has 0 spiro atoms. The molecule has 2 rings (SSSR count). The van der Waals surface area contributed by atoms with E-state index in [1.807, 2.05) is 6.07 Å². The van der Waals surface area contributed by atoms with E-state index >= 15 is 0 Å². The first-order valence-electron chi connectivity index (χ1n) is 5.43. The molecule has 1 aromatic heterocycles. The van der Waals surface area contributed by atoms with Crippen LogP contribution in [0, 0.1) is 3.57 Å². The third-order valence-corrected chi connectivity index (χ3v) is 4.42. The lowest BCUT2D eigenvalue weighted by molar-refractivity contribution is 0.601. The van der Waals surface area contributed by atoms with E-state index in [1.54, 1.807) is 25.2 Å². The minimum atomic E-state index is -3.60. The van der Waals surface area contributed by atoms with Crippen molar-refractivity contribution in [1.29, 1.82) is 0 Å². The van der Waals surface area contributed by atoms with Gasteiger partial charge in [-0.25, -0.2) is 13.4 Å². The fraction of sp³-hybridized carbons (Fsp3) is 0.0833. The lowest BCUT2D eigenvalue weighted by atomic mass is 10.3. The molecule has 0 aliphatic rings. The molecule has 1 heterocycles. The first kappa shape index (κ1) is 14.1. The fourth-order valence-corrected chi connectivity index (χ4v) is 3.09. The largest absolute Gasteiger partial charge is 0.373 e. The number of hydrogen-bond acceptors (Lipinski definition) is 4. The molecule has 0 saturated carbocycles. The summed E-state index contributed by atoms with van der Waals surface area (Å²) in [6, 6.07) is 10.1. The smallest absolute Gasteiger partial charge is 0.262 e. The van der Waals surface area contributed by atoms with Crippen molar-refractivity contribution >= 4 is 44.1 Å². The zero-order valence-corrected chi connectivity index (χ0v) is 13.1. The van der Waals surface area contributed by atoms with Crippen LogP contribution in [0.25, 0.3) is 0 Å². The number of anilines is 2. The molecule has 0 atom stereocenters. The Morgan fingerprint density at radius 3 is 2.68 bits per heavy atom. The van der Waals surface area contributed by atoms with Crippen molar-refractivity contribution in [2.45, 2.75) is 4.90 Å². The number of nitrogens with one attached hydrogen (secondary N) is 2. The molecule has 0 fully saturated rings. The SMILES string of the molecule is CNc1cc(S(=O)(=O)Nc2cccc(I)c2)ccn1. The number of halogens is 1. The second kappa shape index (κ2) is 5.74. The summed E-state index contributed by atoms with van der Waals surface area (Å²) >= 11 is 2.13. The van der Waals surface area contributed by atoms with Gasteiger partial charge < -0.3 is 5.32 Å². The van der Waals surface area contributed by atoms with Gasteiger partial charge in [-0.05, 0) is 46.9 Å². The Morgan fingerprint density at radius 1 is 1.21 bits per heavy atom. The van der Waals surface area contributed by atoms with Crippen molar-refractivity contribution in [2.75, 3.05) is 17.1 Å². The van der Waals surface area contributed by atoms with Crippen LogP contribution in [0.1, 0.15) is 0 Å². The Balaban J connectivity index is 2.32. The van der Waals surface area contributed by atoms with E-state index < -0.39 is 10.0 Å². The molecule has 2 N–H and O–H groups in total. The standard InChI is InChI=1S/C12H12IN3O2S/c1-14-12-8-11(5-6-15-12)19(17,18)16-10-4-2-3-9(13)7-10/h2-8,16H,1H3,(H,14,15). The third kappa shape index (κ3) is 3.57. The Kier molecular flexibility index (Phi) is 4.25. The fourth-order valence-electron chi connectivity index (χ4n) is 1.48. The summed E-state index contributed by atoms with van der Waals surface area (Å²) in [5.74, 6) is 0.505. The first-order valence-corrected chi connectivity index (χ1v) is 8.00. The van der Waals surface area contributed by atoms with Crippen molar-refractivity contribution in [1.82, 2.24) is 4.98 Å². The number of rotatable bonds is 4. The summed E-state index contributed by atoms with van der Waals surface area (Å²) in [7, 11) is -1.91. The van der Waals surface area contributed by atoms with Gasteiger partial charge in [0.05, 0.1) is 4.90 Å². The average Bonchev–Trinajstić information content (AvgIpc) is 2.38. The number of benzene rings is 1. The lowest BCUT2D eigenvalue weighted by Crippen LogP contribution is -2.13. The maximum absolute atomic E-state index is 12.2. The van der Waals surface area contributed by atoms with Gasteiger partial charge >= 0.3 is 0 Å². The molecule has 0 saturated heterocycles. The number of aromatic nitrogens is 1. The van der Waals surface area contributed by atoms with Crippen LogP contribution in [-0.4, -0.2) is 20.4 Å². The van der Waals surface area contributed by atoms with Crippen LogP contribution in [0.4, 0.5) is 11.5 Å².